The first-order valence-corrected chi connectivity index (χ1v) is 19.5. The van der Waals surface area contributed by atoms with Crippen molar-refractivity contribution in [3.63, 3.8) is 0 Å². The van der Waals surface area contributed by atoms with Gasteiger partial charge in [0, 0.05) is 26.3 Å². The molecular weight excluding hydrogens is 597 g/mol. The van der Waals surface area contributed by atoms with E-state index in [0.29, 0.717) is 12.8 Å². The van der Waals surface area contributed by atoms with Gasteiger partial charge in [-0.3, -0.25) is 18.9 Å². The van der Waals surface area contributed by atoms with Gasteiger partial charge in [-0.1, -0.05) is 135 Å². The summed E-state index contributed by atoms with van der Waals surface area (Å²) in [7, 11) is -4.75. The quantitative estimate of drug-likeness (QED) is 0.0357. The van der Waals surface area contributed by atoms with Crippen LogP contribution in [-0.2, 0) is 32.9 Å². The molecule has 0 heterocycles. The van der Waals surface area contributed by atoms with Gasteiger partial charge in [0.25, 0.3) is 0 Å². The van der Waals surface area contributed by atoms with E-state index in [4.69, 9.17) is 19.3 Å². The van der Waals surface area contributed by atoms with Crippen molar-refractivity contribution >= 4 is 25.7 Å². The van der Waals surface area contributed by atoms with Crippen molar-refractivity contribution in [2.45, 2.75) is 180 Å². The molecule has 0 radical (unpaired) electrons. The van der Waals surface area contributed by atoms with Crippen molar-refractivity contribution in [2.24, 2.45) is 0 Å². The van der Waals surface area contributed by atoms with E-state index in [9.17, 15) is 18.9 Å². The van der Waals surface area contributed by atoms with Gasteiger partial charge in [-0.2, -0.15) is 0 Å². The number of amides is 1. The lowest BCUT2D eigenvalue weighted by molar-refractivity contribution is -0.161. The van der Waals surface area contributed by atoms with E-state index in [0.717, 1.165) is 51.5 Å². The lowest BCUT2D eigenvalue weighted by atomic mass is 10.0. The van der Waals surface area contributed by atoms with E-state index in [2.05, 4.69) is 16.8 Å². The Labute approximate surface area is 273 Å². The van der Waals surface area contributed by atoms with E-state index in [1.165, 1.54) is 89.9 Å². The van der Waals surface area contributed by atoms with Crippen LogP contribution >= 0.6 is 7.82 Å². The molecule has 0 bridgehead atoms. The second kappa shape index (κ2) is 31.1. The highest BCUT2D eigenvalue weighted by atomic mass is 31.2. The van der Waals surface area contributed by atoms with Crippen LogP contribution in [0.4, 0.5) is 0 Å². The fourth-order valence-electron chi connectivity index (χ4n) is 5.16. The summed E-state index contributed by atoms with van der Waals surface area (Å²) < 4.78 is 26.2. The van der Waals surface area contributed by atoms with Crippen LogP contribution in [0.1, 0.15) is 174 Å². The number of ether oxygens (including phenoxy) is 2. The summed E-state index contributed by atoms with van der Waals surface area (Å²) in [5.74, 6) is -0.861. The van der Waals surface area contributed by atoms with E-state index in [1.54, 1.807) is 6.92 Å². The average Bonchev–Trinajstić information content (AvgIpc) is 2.98. The van der Waals surface area contributed by atoms with Gasteiger partial charge in [-0.15, -0.1) is 0 Å². The first kappa shape index (κ1) is 43.5. The third kappa shape index (κ3) is 35.2. The number of nitrogens with one attached hydrogen (secondary N) is 1. The summed E-state index contributed by atoms with van der Waals surface area (Å²) in [6.07, 6.45) is 25.7. The van der Waals surface area contributed by atoms with Crippen molar-refractivity contribution in [2.75, 3.05) is 19.8 Å². The van der Waals surface area contributed by atoms with Gasteiger partial charge in [0.2, 0.25) is 5.91 Å². The lowest BCUT2D eigenvalue weighted by Gasteiger charge is -2.18. The number of unbranched alkanes of at least 4 members (excludes halogenated alkanes) is 21. The number of phosphoric acid groups is 1. The summed E-state index contributed by atoms with van der Waals surface area (Å²) in [5, 5.41) is 2.83. The molecule has 0 aliphatic rings. The first-order valence-electron chi connectivity index (χ1n) is 17.9. The van der Waals surface area contributed by atoms with Crippen LogP contribution in [0.2, 0.25) is 0 Å². The first-order chi connectivity index (χ1) is 21.6. The molecule has 1 amide bonds. The zero-order valence-corrected chi connectivity index (χ0v) is 29.5. The van der Waals surface area contributed by atoms with Crippen LogP contribution in [0, 0.1) is 0 Å². The summed E-state index contributed by atoms with van der Waals surface area (Å²) in [6.45, 7) is 3.71. The highest BCUT2D eigenvalue weighted by Crippen LogP contribution is 2.36. The van der Waals surface area contributed by atoms with Gasteiger partial charge in [0.15, 0.2) is 6.10 Å². The van der Waals surface area contributed by atoms with Crippen LogP contribution in [0.5, 0.6) is 0 Å². The molecule has 10 nitrogen and oxygen atoms in total. The molecule has 266 valence electrons. The maximum Gasteiger partial charge on any atom is 0.469 e. The fourth-order valence-corrected chi connectivity index (χ4v) is 5.52. The van der Waals surface area contributed by atoms with Crippen LogP contribution in [0.15, 0.2) is 0 Å². The van der Waals surface area contributed by atoms with Gasteiger partial charge in [-0.05, 0) is 19.3 Å². The summed E-state index contributed by atoms with van der Waals surface area (Å²) >= 11 is 0. The molecule has 0 aromatic rings. The Hall–Kier alpha value is -1.48. The Kier molecular flexibility index (Phi) is 30.1. The minimum absolute atomic E-state index is 0.0442. The molecule has 0 spiro atoms. The van der Waals surface area contributed by atoms with Crippen molar-refractivity contribution in [3.8, 4) is 0 Å². The van der Waals surface area contributed by atoms with Crippen LogP contribution in [0.25, 0.3) is 0 Å². The number of carbonyl (C=O) groups is 3. The second-order valence-corrected chi connectivity index (χ2v) is 13.6. The second-order valence-electron chi connectivity index (χ2n) is 12.3. The van der Waals surface area contributed by atoms with Gasteiger partial charge in [0.05, 0.1) is 6.61 Å². The Balaban J connectivity index is 3.89. The van der Waals surface area contributed by atoms with Crippen molar-refractivity contribution < 1.29 is 42.7 Å². The summed E-state index contributed by atoms with van der Waals surface area (Å²) in [4.78, 5) is 53.4. The molecule has 0 aromatic heterocycles. The van der Waals surface area contributed by atoms with E-state index < -0.39 is 32.5 Å². The molecule has 0 saturated carbocycles. The zero-order valence-electron chi connectivity index (χ0n) is 28.6. The lowest BCUT2D eigenvalue weighted by Crippen LogP contribution is -2.29. The Morgan fingerprint density at radius 1 is 0.600 bits per heavy atom. The van der Waals surface area contributed by atoms with Crippen molar-refractivity contribution in [1.29, 1.82) is 0 Å². The van der Waals surface area contributed by atoms with E-state index >= 15 is 0 Å². The molecule has 0 rings (SSSR count). The molecule has 0 fully saturated rings. The van der Waals surface area contributed by atoms with Crippen molar-refractivity contribution in [3.05, 3.63) is 0 Å². The Bertz CT molecular complexity index is 775. The largest absolute Gasteiger partial charge is 0.469 e. The summed E-state index contributed by atoms with van der Waals surface area (Å²) in [6, 6.07) is 0. The molecule has 11 heteroatoms. The predicted octanol–water partition coefficient (Wildman–Crippen LogP) is 8.46. The summed E-state index contributed by atoms with van der Waals surface area (Å²) in [5.41, 5.74) is 0. The number of carbonyl (C=O) groups excluding carboxylic acids is 3. The fraction of sp³-hybridized carbons (Fsp3) is 0.912. The maximum atomic E-state index is 12.3. The van der Waals surface area contributed by atoms with Gasteiger partial charge in [-0.25, -0.2) is 4.57 Å². The zero-order chi connectivity index (χ0) is 33.4. The standard InChI is InChI=1S/C34H66NO9P/c1-3-4-5-6-7-8-14-18-21-24-27-34(38)44-32(30-43-45(39,40)41)29-42-33(37)26-23-20-17-15-12-10-9-11-13-16-19-22-25-28-35-31(2)36/h32H,3-30H2,1-2H3,(H,35,36)(H2,39,40,41)/t32-/m0/s1. The monoisotopic (exact) mass is 663 g/mol. The highest BCUT2D eigenvalue weighted by Gasteiger charge is 2.22. The van der Waals surface area contributed by atoms with Gasteiger partial charge >= 0.3 is 19.8 Å². The molecular formula is C34H66NO9P. The number of esters is 2. The van der Waals surface area contributed by atoms with Crippen molar-refractivity contribution in [1.82, 2.24) is 5.32 Å². The predicted molar refractivity (Wildman–Crippen MR) is 179 cm³/mol. The Morgan fingerprint density at radius 2 is 1.00 bits per heavy atom. The molecule has 3 N–H and O–H groups in total. The molecule has 0 aliphatic carbocycles. The molecule has 0 saturated heterocycles. The van der Waals surface area contributed by atoms with Crippen LogP contribution < -0.4 is 5.32 Å². The maximum absolute atomic E-state index is 12.3. The van der Waals surface area contributed by atoms with E-state index in [1.807, 2.05) is 0 Å². The number of rotatable bonds is 33. The minimum Gasteiger partial charge on any atom is -0.462 e. The Morgan fingerprint density at radius 3 is 1.42 bits per heavy atom. The van der Waals surface area contributed by atoms with Crippen LogP contribution in [0.3, 0.4) is 0 Å². The third-order valence-corrected chi connectivity index (χ3v) is 8.31. The SMILES string of the molecule is CCCCCCCCCCCCC(=O)O[C@@H](COC(=O)CCCCCCCCCCCCCCCNC(C)=O)COP(=O)(O)O. The van der Waals surface area contributed by atoms with Gasteiger partial charge < -0.3 is 24.6 Å². The molecule has 0 aromatic carbocycles. The van der Waals surface area contributed by atoms with E-state index in [-0.39, 0.29) is 25.4 Å². The topological polar surface area (TPSA) is 148 Å². The molecule has 0 aliphatic heterocycles. The van der Waals surface area contributed by atoms with Gasteiger partial charge in [0.1, 0.15) is 6.61 Å². The normalized spacial score (nSPS) is 12.2. The number of hydrogen-bond donors (Lipinski definition) is 3. The number of hydrogen-bond acceptors (Lipinski definition) is 7. The van der Waals surface area contributed by atoms with Crippen LogP contribution in [-0.4, -0.2) is 53.5 Å². The smallest absolute Gasteiger partial charge is 0.462 e. The molecule has 0 unspecified atom stereocenters. The minimum atomic E-state index is -4.75. The third-order valence-electron chi connectivity index (χ3n) is 7.82. The molecule has 1 atom stereocenters. The average molecular weight is 664 g/mol. The number of phosphoric ester groups is 1. The highest BCUT2D eigenvalue weighted by molar-refractivity contribution is 7.46. The molecule has 45 heavy (non-hydrogen) atoms.